The van der Waals surface area contributed by atoms with Crippen LogP contribution in [0.15, 0.2) is 12.1 Å². The molecule has 0 amide bonds. The lowest BCUT2D eigenvalue weighted by molar-refractivity contribution is 0.280. The number of nitriles is 1. The van der Waals surface area contributed by atoms with E-state index in [0.29, 0.717) is 0 Å². The average molecular weight is 242 g/mol. The van der Waals surface area contributed by atoms with Gasteiger partial charge in [-0.2, -0.15) is 5.26 Å². The number of aliphatic hydroxyl groups is 2. The summed E-state index contributed by atoms with van der Waals surface area (Å²) < 4.78 is 27.2. The summed E-state index contributed by atoms with van der Waals surface area (Å²) in [7, 11) is 0. The largest absolute Gasteiger partial charge is 0.395 e. The molecule has 0 aromatic heterocycles. The van der Waals surface area contributed by atoms with E-state index in [2.05, 4.69) is 0 Å². The Bertz CT molecular complexity index is 403. The van der Waals surface area contributed by atoms with Crippen molar-refractivity contribution in [2.75, 3.05) is 31.2 Å². The molecule has 1 rings (SSSR count). The quantitative estimate of drug-likeness (QED) is 0.794. The maximum absolute atomic E-state index is 13.6. The van der Waals surface area contributed by atoms with Crippen LogP contribution in [0.2, 0.25) is 0 Å². The Labute approximate surface area is 97.3 Å². The Kier molecular flexibility index (Phi) is 4.82. The minimum Gasteiger partial charge on any atom is -0.395 e. The van der Waals surface area contributed by atoms with Crippen LogP contribution in [0.4, 0.5) is 14.5 Å². The topological polar surface area (TPSA) is 67.5 Å². The lowest BCUT2D eigenvalue weighted by Crippen LogP contribution is -2.31. The highest BCUT2D eigenvalue weighted by Crippen LogP contribution is 2.24. The van der Waals surface area contributed by atoms with E-state index in [-0.39, 0.29) is 37.6 Å². The summed E-state index contributed by atoms with van der Waals surface area (Å²) in [6.07, 6.45) is 0. The van der Waals surface area contributed by atoms with Crippen LogP contribution in [-0.2, 0) is 0 Å². The van der Waals surface area contributed by atoms with Gasteiger partial charge in [0.15, 0.2) is 11.6 Å². The van der Waals surface area contributed by atoms with Crippen LogP contribution >= 0.6 is 0 Å². The van der Waals surface area contributed by atoms with Gasteiger partial charge in [-0.05, 0) is 12.1 Å². The molecule has 0 aliphatic heterocycles. The van der Waals surface area contributed by atoms with Crippen molar-refractivity contribution in [2.45, 2.75) is 0 Å². The van der Waals surface area contributed by atoms with Crippen molar-refractivity contribution < 1.29 is 19.0 Å². The second-order valence-electron chi connectivity index (χ2n) is 3.33. The third-order valence-electron chi connectivity index (χ3n) is 2.20. The molecule has 6 heteroatoms. The SMILES string of the molecule is N#Cc1cc(F)c(N(CCO)CCO)c(F)c1. The fraction of sp³-hybridized carbons (Fsp3) is 0.364. The van der Waals surface area contributed by atoms with E-state index in [0.717, 1.165) is 12.1 Å². The zero-order valence-corrected chi connectivity index (χ0v) is 9.03. The molecule has 1 aromatic carbocycles. The van der Waals surface area contributed by atoms with Gasteiger partial charge in [0.1, 0.15) is 5.69 Å². The molecule has 0 heterocycles. The standard InChI is InChI=1S/C11H12F2N2O2/c12-9-5-8(7-14)6-10(13)11(9)15(1-3-16)2-4-17/h5-6,16-17H,1-4H2. The number of hydrogen-bond donors (Lipinski definition) is 2. The summed E-state index contributed by atoms with van der Waals surface area (Å²) in [5, 5.41) is 26.1. The number of aliphatic hydroxyl groups excluding tert-OH is 2. The molecule has 1 aromatic rings. The Balaban J connectivity index is 3.14. The number of nitrogens with zero attached hydrogens (tertiary/aromatic N) is 2. The fourth-order valence-corrected chi connectivity index (χ4v) is 1.51. The van der Waals surface area contributed by atoms with Crippen molar-refractivity contribution in [1.82, 2.24) is 0 Å². The van der Waals surface area contributed by atoms with Crippen LogP contribution < -0.4 is 4.90 Å². The zero-order chi connectivity index (χ0) is 12.8. The minimum absolute atomic E-state index is 0.000298. The van der Waals surface area contributed by atoms with Crippen LogP contribution in [0.3, 0.4) is 0 Å². The van der Waals surface area contributed by atoms with E-state index >= 15 is 0 Å². The van der Waals surface area contributed by atoms with Crippen LogP contribution in [-0.4, -0.2) is 36.5 Å². The van der Waals surface area contributed by atoms with E-state index in [1.165, 1.54) is 4.90 Å². The molecule has 2 N–H and O–H groups in total. The van der Waals surface area contributed by atoms with Gasteiger partial charge in [-0.3, -0.25) is 0 Å². The first-order chi connectivity index (χ1) is 8.13. The summed E-state index contributed by atoms with van der Waals surface area (Å²) in [5.41, 5.74) is -0.455. The second-order valence-corrected chi connectivity index (χ2v) is 3.33. The molecular weight excluding hydrogens is 230 g/mol. The smallest absolute Gasteiger partial charge is 0.150 e. The Morgan fingerprint density at radius 3 is 1.94 bits per heavy atom. The summed E-state index contributed by atoms with van der Waals surface area (Å²) >= 11 is 0. The molecule has 0 radical (unpaired) electrons. The number of rotatable bonds is 5. The number of anilines is 1. The maximum Gasteiger partial charge on any atom is 0.150 e. The van der Waals surface area contributed by atoms with Crippen molar-refractivity contribution in [2.24, 2.45) is 0 Å². The van der Waals surface area contributed by atoms with Gasteiger partial charge in [0, 0.05) is 13.1 Å². The minimum atomic E-state index is -0.886. The van der Waals surface area contributed by atoms with E-state index in [4.69, 9.17) is 15.5 Å². The Hall–Kier alpha value is -1.71. The van der Waals surface area contributed by atoms with Crippen molar-refractivity contribution in [1.29, 1.82) is 5.26 Å². The van der Waals surface area contributed by atoms with Gasteiger partial charge in [-0.1, -0.05) is 0 Å². The molecule has 0 aliphatic rings. The van der Waals surface area contributed by atoms with Crippen LogP contribution in [0, 0.1) is 23.0 Å². The molecule has 0 bridgehead atoms. The van der Waals surface area contributed by atoms with Gasteiger partial charge in [0.25, 0.3) is 0 Å². The predicted molar refractivity (Wildman–Crippen MR) is 57.5 cm³/mol. The molecule has 0 saturated carbocycles. The molecular formula is C11H12F2N2O2. The van der Waals surface area contributed by atoms with Crippen LogP contribution in [0.25, 0.3) is 0 Å². The van der Waals surface area contributed by atoms with Gasteiger partial charge in [-0.15, -0.1) is 0 Å². The molecule has 4 nitrogen and oxygen atoms in total. The zero-order valence-electron chi connectivity index (χ0n) is 9.03. The van der Waals surface area contributed by atoms with E-state index in [1.807, 2.05) is 0 Å². The molecule has 92 valence electrons. The number of halogens is 2. The molecule has 0 saturated heterocycles. The highest BCUT2D eigenvalue weighted by molar-refractivity contribution is 5.52. The van der Waals surface area contributed by atoms with Crippen molar-refractivity contribution in [3.8, 4) is 6.07 Å². The van der Waals surface area contributed by atoms with Gasteiger partial charge < -0.3 is 15.1 Å². The molecule has 0 aliphatic carbocycles. The van der Waals surface area contributed by atoms with Crippen molar-refractivity contribution >= 4 is 5.69 Å². The molecule has 17 heavy (non-hydrogen) atoms. The van der Waals surface area contributed by atoms with E-state index in [9.17, 15) is 8.78 Å². The lowest BCUT2D eigenvalue weighted by Gasteiger charge is -2.23. The van der Waals surface area contributed by atoms with Crippen molar-refractivity contribution in [3.63, 3.8) is 0 Å². The Morgan fingerprint density at radius 2 is 1.59 bits per heavy atom. The van der Waals surface area contributed by atoms with Gasteiger partial charge in [0.2, 0.25) is 0 Å². The first-order valence-electron chi connectivity index (χ1n) is 4.99. The van der Waals surface area contributed by atoms with Crippen LogP contribution in [0.1, 0.15) is 5.56 Å². The molecule has 0 unspecified atom stereocenters. The highest BCUT2D eigenvalue weighted by Gasteiger charge is 2.17. The second kappa shape index (κ2) is 6.13. The number of benzene rings is 1. The molecule has 0 atom stereocenters. The van der Waals surface area contributed by atoms with Gasteiger partial charge >= 0.3 is 0 Å². The third-order valence-corrected chi connectivity index (χ3v) is 2.20. The summed E-state index contributed by atoms with van der Waals surface area (Å²) in [5.74, 6) is -1.77. The van der Waals surface area contributed by atoms with Crippen molar-refractivity contribution in [3.05, 3.63) is 29.3 Å². The lowest BCUT2D eigenvalue weighted by atomic mass is 10.2. The first kappa shape index (κ1) is 13.4. The Morgan fingerprint density at radius 1 is 1.12 bits per heavy atom. The normalized spacial score (nSPS) is 10.1. The fourth-order valence-electron chi connectivity index (χ4n) is 1.51. The molecule has 0 fully saturated rings. The number of hydrogen-bond acceptors (Lipinski definition) is 4. The van der Waals surface area contributed by atoms with E-state index < -0.39 is 11.6 Å². The monoisotopic (exact) mass is 242 g/mol. The summed E-state index contributed by atoms with van der Waals surface area (Å²) in [6, 6.07) is 3.48. The highest BCUT2D eigenvalue weighted by atomic mass is 19.1. The predicted octanol–water partition coefficient (Wildman–Crippen LogP) is 0.627. The van der Waals surface area contributed by atoms with E-state index in [1.54, 1.807) is 6.07 Å². The summed E-state index contributed by atoms with van der Waals surface area (Å²) in [4.78, 5) is 1.19. The van der Waals surface area contributed by atoms with Crippen LogP contribution in [0.5, 0.6) is 0 Å². The summed E-state index contributed by atoms with van der Waals surface area (Å²) in [6.45, 7) is -0.585. The molecule has 0 spiro atoms. The van der Waals surface area contributed by atoms with Gasteiger partial charge in [0.05, 0.1) is 24.8 Å². The third kappa shape index (κ3) is 3.12. The van der Waals surface area contributed by atoms with Gasteiger partial charge in [-0.25, -0.2) is 8.78 Å². The maximum atomic E-state index is 13.6. The average Bonchev–Trinajstić information content (AvgIpc) is 2.28. The first-order valence-corrected chi connectivity index (χ1v) is 4.99.